The molecule has 4 nitrogen and oxygen atoms in total. The molecule has 0 amide bonds. The fraction of sp³-hybridized carbons (Fsp3) is 0.909. The Labute approximate surface area is 91.0 Å². The number of carbonyl (C=O) groups excluding carboxylic acids is 1. The van der Waals surface area contributed by atoms with Gasteiger partial charge in [0.15, 0.2) is 0 Å². The summed E-state index contributed by atoms with van der Waals surface area (Å²) in [5.41, 5.74) is -2.29. The summed E-state index contributed by atoms with van der Waals surface area (Å²) in [5, 5.41) is 15.7. The van der Waals surface area contributed by atoms with Gasteiger partial charge in [-0.05, 0) is 27.7 Å². The van der Waals surface area contributed by atoms with E-state index in [1.165, 1.54) is 7.11 Å². The molecule has 1 fully saturated rings. The zero-order chi connectivity index (χ0) is 11.9. The molecule has 1 saturated heterocycles. The molecule has 0 aromatic rings. The molecular weight excluding hydrogens is 194 g/mol. The fourth-order valence-electron chi connectivity index (χ4n) is 2.83. The molecule has 1 radical (unpaired) electrons. The summed E-state index contributed by atoms with van der Waals surface area (Å²) < 4.78 is 4.60. The van der Waals surface area contributed by atoms with Gasteiger partial charge in [0.05, 0.1) is 7.11 Å². The summed E-state index contributed by atoms with van der Waals surface area (Å²) in [6.45, 7) is 7.74. The first-order valence-corrected chi connectivity index (χ1v) is 5.18. The van der Waals surface area contributed by atoms with Gasteiger partial charge in [0, 0.05) is 23.9 Å². The molecule has 0 unspecified atom stereocenters. The second kappa shape index (κ2) is 3.46. The number of ether oxygens (including phenoxy) is 1. The topological polar surface area (TPSA) is 58.2 Å². The highest BCUT2D eigenvalue weighted by molar-refractivity contribution is 5.79. The second-order valence-corrected chi connectivity index (χ2v) is 5.73. The van der Waals surface area contributed by atoms with E-state index in [9.17, 15) is 9.90 Å². The Kier molecular flexibility index (Phi) is 2.87. The lowest BCUT2D eigenvalue weighted by Gasteiger charge is -2.48. The Hall–Kier alpha value is -0.610. The van der Waals surface area contributed by atoms with E-state index in [2.05, 4.69) is 10.1 Å². The summed E-state index contributed by atoms with van der Waals surface area (Å²) in [6, 6.07) is 0. The van der Waals surface area contributed by atoms with Crippen molar-refractivity contribution < 1.29 is 14.6 Å². The minimum absolute atomic E-state index is 0.260. The van der Waals surface area contributed by atoms with Gasteiger partial charge in [-0.1, -0.05) is 0 Å². The maximum atomic E-state index is 12.4. The number of rotatable bonds is 1. The van der Waals surface area contributed by atoms with E-state index >= 15 is 0 Å². The summed E-state index contributed by atoms with van der Waals surface area (Å²) in [4.78, 5) is 11.5. The van der Waals surface area contributed by atoms with Gasteiger partial charge < -0.3 is 10.1 Å². The first-order valence-electron chi connectivity index (χ1n) is 5.18. The van der Waals surface area contributed by atoms with Crippen LogP contribution in [0.5, 0.6) is 0 Å². The Bertz CT molecular complexity index is 255. The molecular formula is C11H20NO3. The average Bonchev–Trinajstić information content (AvgIpc) is 1.95. The smallest absolute Gasteiger partial charge is 0.341 e. The summed E-state index contributed by atoms with van der Waals surface area (Å²) in [6.07, 6.45) is 0.520. The molecule has 0 atom stereocenters. The van der Waals surface area contributed by atoms with E-state index in [1.807, 2.05) is 27.7 Å². The predicted octanol–water partition coefficient (Wildman–Crippen LogP) is 1.27. The summed E-state index contributed by atoms with van der Waals surface area (Å²) in [5.74, 6) is -0.648. The first-order chi connectivity index (χ1) is 6.60. The number of esters is 1. The highest BCUT2D eigenvalue weighted by atomic mass is 16.5. The molecule has 0 aromatic heterocycles. The van der Waals surface area contributed by atoms with Crippen molar-refractivity contribution in [3.63, 3.8) is 0 Å². The summed E-state index contributed by atoms with van der Waals surface area (Å²) >= 11 is 0. The third-order valence-corrected chi connectivity index (χ3v) is 2.69. The van der Waals surface area contributed by atoms with Gasteiger partial charge in [-0.2, -0.15) is 0 Å². The standard InChI is InChI=1S/C11H20NO3/c1-9(2)6-11(14,8(13)15-5)7-10(3,4)12-9/h12H,6-7H2,1-5H3. The van der Waals surface area contributed by atoms with E-state index in [0.29, 0.717) is 0 Å². The molecule has 0 aliphatic carbocycles. The van der Waals surface area contributed by atoms with Crippen molar-refractivity contribution in [3.05, 3.63) is 0 Å². The highest BCUT2D eigenvalue weighted by Gasteiger charge is 2.52. The fourth-order valence-corrected chi connectivity index (χ4v) is 2.83. The van der Waals surface area contributed by atoms with Gasteiger partial charge in [-0.25, -0.2) is 9.90 Å². The lowest BCUT2D eigenvalue weighted by Crippen LogP contribution is -2.65. The average molecular weight is 214 g/mol. The molecule has 0 spiro atoms. The van der Waals surface area contributed by atoms with Crippen LogP contribution in [0.2, 0.25) is 0 Å². The van der Waals surface area contributed by atoms with Crippen molar-refractivity contribution in [2.45, 2.75) is 57.2 Å². The number of methoxy groups -OCH3 is 1. The Balaban J connectivity index is 2.97. The largest absolute Gasteiger partial charge is 0.467 e. The van der Waals surface area contributed by atoms with Crippen molar-refractivity contribution in [2.24, 2.45) is 0 Å². The molecule has 1 rings (SSSR count). The molecule has 0 bridgehead atoms. The van der Waals surface area contributed by atoms with Crippen molar-refractivity contribution in [1.82, 2.24) is 5.32 Å². The Morgan fingerprint density at radius 2 is 1.53 bits per heavy atom. The molecule has 0 aromatic carbocycles. The van der Waals surface area contributed by atoms with Crippen molar-refractivity contribution in [2.75, 3.05) is 7.11 Å². The minimum atomic E-state index is -1.62. The molecule has 15 heavy (non-hydrogen) atoms. The maximum absolute atomic E-state index is 12.4. The molecule has 0 saturated carbocycles. The van der Waals surface area contributed by atoms with Crippen LogP contribution in [0, 0.1) is 0 Å². The number of carbonyl (C=O) groups is 1. The van der Waals surface area contributed by atoms with Crippen molar-refractivity contribution in [1.29, 1.82) is 0 Å². The van der Waals surface area contributed by atoms with Gasteiger partial charge in [-0.3, -0.25) is 0 Å². The zero-order valence-electron chi connectivity index (χ0n) is 10.1. The van der Waals surface area contributed by atoms with Crippen LogP contribution < -0.4 is 5.32 Å². The number of hydrogen-bond donors (Lipinski definition) is 1. The Morgan fingerprint density at radius 1 is 1.13 bits per heavy atom. The number of nitrogens with one attached hydrogen (secondary N) is 1. The SMILES string of the molecule is COC(=O)C1([O])CC(C)(C)NC(C)(C)C1. The summed E-state index contributed by atoms with van der Waals surface area (Å²) in [7, 11) is 1.27. The lowest BCUT2D eigenvalue weighted by molar-refractivity contribution is -0.183. The van der Waals surface area contributed by atoms with Crippen LogP contribution in [0.15, 0.2) is 0 Å². The van der Waals surface area contributed by atoms with E-state index in [1.54, 1.807) is 0 Å². The Morgan fingerprint density at radius 3 is 1.87 bits per heavy atom. The third-order valence-electron chi connectivity index (χ3n) is 2.69. The second-order valence-electron chi connectivity index (χ2n) is 5.73. The number of piperidine rings is 1. The molecule has 1 aliphatic rings. The van der Waals surface area contributed by atoms with Gasteiger partial charge in [0.2, 0.25) is 5.60 Å². The van der Waals surface area contributed by atoms with Crippen LogP contribution in [-0.2, 0) is 14.6 Å². The number of hydrogen-bond acceptors (Lipinski definition) is 3. The molecule has 1 heterocycles. The predicted molar refractivity (Wildman–Crippen MR) is 56.0 cm³/mol. The van der Waals surface area contributed by atoms with E-state index in [4.69, 9.17) is 0 Å². The lowest BCUT2D eigenvalue weighted by atomic mass is 9.73. The van der Waals surface area contributed by atoms with Crippen LogP contribution >= 0.6 is 0 Å². The highest BCUT2D eigenvalue weighted by Crippen LogP contribution is 2.36. The van der Waals surface area contributed by atoms with Crippen LogP contribution in [0.4, 0.5) is 0 Å². The van der Waals surface area contributed by atoms with E-state index in [-0.39, 0.29) is 23.9 Å². The van der Waals surface area contributed by atoms with Gasteiger partial charge in [0.1, 0.15) is 0 Å². The minimum Gasteiger partial charge on any atom is -0.467 e. The third kappa shape index (κ3) is 2.69. The van der Waals surface area contributed by atoms with Gasteiger partial charge >= 0.3 is 5.97 Å². The maximum Gasteiger partial charge on any atom is 0.341 e. The molecule has 1 aliphatic heterocycles. The van der Waals surface area contributed by atoms with E-state index < -0.39 is 11.6 Å². The van der Waals surface area contributed by atoms with Crippen molar-refractivity contribution in [3.8, 4) is 0 Å². The monoisotopic (exact) mass is 214 g/mol. The molecule has 1 N–H and O–H groups in total. The quantitative estimate of drug-likeness (QED) is 0.669. The normalized spacial score (nSPS) is 27.1. The van der Waals surface area contributed by atoms with E-state index in [0.717, 1.165) is 0 Å². The van der Waals surface area contributed by atoms with Gasteiger partial charge in [-0.15, -0.1) is 0 Å². The first kappa shape index (κ1) is 12.5. The molecule has 87 valence electrons. The van der Waals surface area contributed by atoms with Crippen LogP contribution in [0.25, 0.3) is 0 Å². The van der Waals surface area contributed by atoms with Crippen molar-refractivity contribution >= 4 is 5.97 Å². The zero-order valence-corrected chi connectivity index (χ0v) is 10.1. The van der Waals surface area contributed by atoms with Crippen LogP contribution in [0.3, 0.4) is 0 Å². The van der Waals surface area contributed by atoms with Crippen LogP contribution in [0.1, 0.15) is 40.5 Å². The van der Waals surface area contributed by atoms with Gasteiger partial charge in [0.25, 0.3) is 0 Å². The molecule has 4 heteroatoms. The van der Waals surface area contributed by atoms with Crippen LogP contribution in [-0.4, -0.2) is 29.8 Å².